The highest BCUT2D eigenvalue weighted by molar-refractivity contribution is 6.31. The van der Waals surface area contributed by atoms with Crippen LogP contribution >= 0.6 is 11.6 Å². The number of halogens is 2. The predicted octanol–water partition coefficient (Wildman–Crippen LogP) is 4.66. The standard InChI is InChI=1S/C15H20ClFN2/c1-2-10-3-5-15(6-4-10)9-18-13-7-11(16)12(17)8-14(13)19-15/h7-8,10,18-19H,2-6,9H2,1H3. The molecule has 2 nitrogen and oxygen atoms in total. The number of nitrogens with one attached hydrogen (secondary N) is 2. The van der Waals surface area contributed by atoms with E-state index in [0.29, 0.717) is 0 Å². The van der Waals surface area contributed by atoms with Gasteiger partial charge in [0.15, 0.2) is 0 Å². The van der Waals surface area contributed by atoms with Gasteiger partial charge in [-0.25, -0.2) is 4.39 Å². The molecule has 2 N–H and O–H groups in total. The largest absolute Gasteiger partial charge is 0.381 e. The van der Waals surface area contributed by atoms with Crippen LogP contribution in [0.5, 0.6) is 0 Å². The molecule has 0 amide bonds. The summed E-state index contributed by atoms with van der Waals surface area (Å²) in [6, 6.07) is 3.18. The Morgan fingerprint density at radius 1 is 1.32 bits per heavy atom. The van der Waals surface area contributed by atoms with Crippen molar-refractivity contribution in [2.45, 2.75) is 44.6 Å². The van der Waals surface area contributed by atoms with Crippen molar-refractivity contribution in [1.29, 1.82) is 0 Å². The van der Waals surface area contributed by atoms with E-state index in [9.17, 15) is 4.39 Å². The van der Waals surface area contributed by atoms with Gasteiger partial charge in [-0.2, -0.15) is 0 Å². The van der Waals surface area contributed by atoms with Gasteiger partial charge < -0.3 is 10.6 Å². The van der Waals surface area contributed by atoms with Crippen molar-refractivity contribution >= 4 is 23.0 Å². The van der Waals surface area contributed by atoms with Crippen molar-refractivity contribution in [3.05, 3.63) is 23.0 Å². The van der Waals surface area contributed by atoms with E-state index < -0.39 is 0 Å². The monoisotopic (exact) mass is 282 g/mol. The molecular weight excluding hydrogens is 263 g/mol. The van der Waals surface area contributed by atoms with E-state index in [4.69, 9.17) is 11.6 Å². The van der Waals surface area contributed by atoms with E-state index in [1.807, 2.05) is 0 Å². The van der Waals surface area contributed by atoms with Crippen molar-refractivity contribution in [2.24, 2.45) is 5.92 Å². The quantitative estimate of drug-likeness (QED) is 0.783. The van der Waals surface area contributed by atoms with Gasteiger partial charge in [-0.15, -0.1) is 0 Å². The lowest BCUT2D eigenvalue weighted by Gasteiger charge is -2.45. The third-order valence-electron chi connectivity index (χ3n) is 4.72. The Balaban J connectivity index is 1.80. The number of rotatable bonds is 1. The normalized spacial score (nSPS) is 29.5. The summed E-state index contributed by atoms with van der Waals surface area (Å²) in [5.74, 6) is 0.504. The lowest BCUT2D eigenvalue weighted by molar-refractivity contribution is 0.255. The Kier molecular flexibility index (Phi) is 3.34. The van der Waals surface area contributed by atoms with Crippen molar-refractivity contribution in [1.82, 2.24) is 0 Å². The molecule has 3 rings (SSSR count). The molecule has 1 aliphatic carbocycles. The van der Waals surface area contributed by atoms with Crippen LogP contribution in [0.3, 0.4) is 0 Å². The summed E-state index contributed by atoms with van der Waals surface area (Å²) in [4.78, 5) is 0. The van der Waals surface area contributed by atoms with E-state index in [0.717, 1.165) is 36.7 Å². The molecule has 0 bridgehead atoms. The van der Waals surface area contributed by atoms with Crippen LogP contribution in [0.25, 0.3) is 0 Å². The molecule has 0 saturated heterocycles. The van der Waals surface area contributed by atoms with Gasteiger partial charge in [-0.05, 0) is 37.7 Å². The van der Waals surface area contributed by atoms with Gasteiger partial charge in [0.2, 0.25) is 0 Å². The molecule has 1 spiro atoms. The molecular formula is C15H20ClFN2. The maximum Gasteiger partial charge on any atom is 0.143 e. The van der Waals surface area contributed by atoms with Crippen LogP contribution < -0.4 is 10.6 Å². The number of hydrogen-bond donors (Lipinski definition) is 2. The van der Waals surface area contributed by atoms with Gasteiger partial charge in [-0.1, -0.05) is 24.9 Å². The Morgan fingerprint density at radius 2 is 2.05 bits per heavy atom. The van der Waals surface area contributed by atoms with Crippen molar-refractivity contribution in [3.63, 3.8) is 0 Å². The Hall–Kier alpha value is -0.960. The van der Waals surface area contributed by atoms with Crippen LogP contribution in [0.4, 0.5) is 15.8 Å². The SMILES string of the molecule is CCC1CCC2(CC1)CNc1cc(Cl)c(F)cc1N2. The first kappa shape index (κ1) is 13.0. The minimum absolute atomic E-state index is 0.0962. The first-order valence-electron chi connectivity index (χ1n) is 7.13. The van der Waals surface area contributed by atoms with Crippen LogP contribution in [-0.4, -0.2) is 12.1 Å². The maximum atomic E-state index is 13.6. The van der Waals surface area contributed by atoms with Gasteiger partial charge >= 0.3 is 0 Å². The zero-order valence-electron chi connectivity index (χ0n) is 11.2. The lowest BCUT2D eigenvalue weighted by atomic mass is 9.74. The lowest BCUT2D eigenvalue weighted by Crippen LogP contribution is -2.50. The molecule has 1 aromatic rings. The minimum Gasteiger partial charge on any atom is -0.381 e. The van der Waals surface area contributed by atoms with E-state index >= 15 is 0 Å². The summed E-state index contributed by atoms with van der Waals surface area (Å²) in [6.07, 6.45) is 6.10. The van der Waals surface area contributed by atoms with E-state index in [2.05, 4.69) is 17.6 Å². The van der Waals surface area contributed by atoms with Crippen LogP contribution in [0.2, 0.25) is 5.02 Å². The van der Waals surface area contributed by atoms with Crippen LogP contribution in [-0.2, 0) is 0 Å². The van der Waals surface area contributed by atoms with Gasteiger partial charge in [-0.3, -0.25) is 0 Å². The molecule has 0 atom stereocenters. The second-order valence-electron chi connectivity index (χ2n) is 5.92. The topological polar surface area (TPSA) is 24.1 Å². The fourth-order valence-corrected chi connectivity index (χ4v) is 3.49. The summed E-state index contributed by atoms with van der Waals surface area (Å²) < 4.78 is 13.6. The number of benzene rings is 1. The van der Waals surface area contributed by atoms with Crippen molar-refractivity contribution < 1.29 is 4.39 Å². The second-order valence-corrected chi connectivity index (χ2v) is 6.33. The van der Waals surface area contributed by atoms with Gasteiger partial charge in [0.05, 0.1) is 21.9 Å². The summed E-state index contributed by atoms with van der Waals surface area (Å²) in [5, 5.41) is 7.15. The fourth-order valence-electron chi connectivity index (χ4n) is 3.33. The molecule has 1 saturated carbocycles. The summed E-state index contributed by atoms with van der Waals surface area (Å²) in [5.41, 5.74) is 1.86. The van der Waals surface area contributed by atoms with E-state index in [1.54, 1.807) is 6.07 Å². The summed E-state index contributed by atoms with van der Waals surface area (Å²) in [6.45, 7) is 3.17. The number of hydrogen-bond acceptors (Lipinski definition) is 2. The molecule has 19 heavy (non-hydrogen) atoms. The molecule has 2 aliphatic rings. The van der Waals surface area contributed by atoms with Crippen molar-refractivity contribution in [3.8, 4) is 0 Å². The minimum atomic E-state index is -0.353. The molecule has 1 aliphatic heterocycles. The first-order valence-corrected chi connectivity index (χ1v) is 7.51. The summed E-state index contributed by atoms with van der Waals surface area (Å²) in [7, 11) is 0. The van der Waals surface area contributed by atoms with E-state index in [-0.39, 0.29) is 16.4 Å². The van der Waals surface area contributed by atoms with Gasteiger partial charge in [0.25, 0.3) is 0 Å². The second kappa shape index (κ2) is 4.86. The van der Waals surface area contributed by atoms with Gasteiger partial charge in [0, 0.05) is 12.6 Å². The number of anilines is 2. The molecule has 1 aromatic carbocycles. The third-order valence-corrected chi connectivity index (χ3v) is 5.01. The Morgan fingerprint density at radius 3 is 2.74 bits per heavy atom. The average molecular weight is 283 g/mol. The van der Waals surface area contributed by atoms with Crippen molar-refractivity contribution in [2.75, 3.05) is 17.2 Å². The molecule has 4 heteroatoms. The number of fused-ring (bicyclic) bond motifs is 1. The Bertz CT molecular complexity index is 481. The highest BCUT2D eigenvalue weighted by Gasteiger charge is 2.37. The molecule has 104 valence electrons. The predicted molar refractivity (Wildman–Crippen MR) is 78.5 cm³/mol. The third kappa shape index (κ3) is 2.40. The maximum absolute atomic E-state index is 13.6. The fraction of sp³-hybridized carbons (Fsp3) is 0.600. The first-order chi connectivity index (χ1) is 9.12. The highest BCUT2D eigenvalue weighted by Crippen LogP contribution is 2.41. The molecule has 0 aromatic heterocycles. The Labute approximate surface area is 118 Å². The average Bonchev–Trinajstić information content (AvgIpc) is 2.42. The van der Waals surface area contributed by atoms with Crippen LogP contribution in [0.1, 0.15) is 39.0 Å². The van der Waals surface area contributed by atoms with E-state index in [1.165, 1.54) is 25.3 Å². The molecule has 1 fully saturated rings. The molecule has 0 unspecified atom stereocenters. The zero-order chi connectivity index (χ0) is 13.5. The molecule has 1 heterocycles. The smallest absolute Gasteiger partial charge is 0.143 e. The van der Waals surface area contributed by atoms with Crippen LogP contribution in [0, 0.1) is 11.7 Å². The van der Waals surface area contributed by atoms with Crippen LogP contribution in [0.15, 0.2) is 12.1 Å². The molecule has 0 radical (unpaired) electrons. The van der Waals surface area contributed by atoms with Gasteiger partial charge in [0.1, 0.15) is 5.82 Å². The summed E-state index contributed by atoms with van der Waals surface area (Å²) >= 11 is 5.82. The highest BCUT2D eigenvalue weighted by atomic mass is 35.5. The zero-order valence-corrected chi connectivity index (χ0v) is 12.0.